The fourth-order valence-corrected chi connectivity index (χ4v) is 3.89. The Labute approximate surface area is 197 Å². The van der Waals surface area contributed by atoms with Gasteiger partial charge in [-0.2, -0.15) is 0 Å². The molecule has 1 aliphatic rings. The van der Waals surface area contributed by atoms with Gasteiger partial charge >= 0.3 is 0 Å². The first-order valence-electron chi connectivity index (χ1n) is 11.4. The molecule has 1 fully saturated rings. The van der Waals surface area contributed by atoms with Crippen LogP contribution in [0.15, 0.2) is 30.6 Å². The maximum Gasteiger partial charge on any atom is 0.161 e. The van der Waals surface area contributed by atoms with Gasteiger partial charge in [-0.25, -0.2) is 9.97 Å². The van der Waals surface area contributed by atoms with Gasteiger partial charge in [-0.15, -0.1) is 0 Å². The second kappa shape index (κ2) is 11.5. The summed E-state index contributed by atoms with van der Waals surface area (Å²) in [6, 6.07) is 7.93. The van der Waals surface area contributed by atoms with E-state index in [0.717, 1.165) is 48.2 Å². The molecule has 0 radical (unpaired) electrons. The molecule has 9 nitrogen and oxygen atoms in total. The average Bonchev–Trinajstić information content (AvgIpc) is 3.19. The van der Waals surface area contributed by atoms with Crippen LogP contribution in [0, 0.1) is 0 Å². The highest BCUT2D eigenvalue weighted by Crippen LogP contribution is 2.29. The SMILES string of the molecule is COc1cc(CNCC2(O)CCN(c3cc(N(C)C)ncn3)C2)ccc1OCCCN(C)C. The highest BCUT2D eigenvalue weighted by molar-refractivity contribution is 5.50. The van der Waals surface area contributed by atoms with E-state index in [1.54, 1.807) is 13.4 Å². The molecule has 2 N–H and O–H groups in total. The molecular formula is C24H38N6O3. The molecule has 2 aromatic rings. The number of nitrogens with zero attached hydrogens (tertiary/aromatic N) is 5. The molecule has 1 unspecified atom stereocenters. The first-order chi connectivity index (χ1) is 15.8. The predicted molar refractivity (Wildman–Crippen MR) is 132 cm³/mol. The third-order valence-corrected chi connectivity index (χ3v) is 5.77. The van der Waals surface area contributed by atoms with Crippen molar-refractivity contribution in [3.05, 3.63) is 36.2 Å². The van der Waals surface area contributed by atoms with Crippen LogP contribution in [-0.2, 0) is 6.54 Å². The molecule has 2 heterocycles. The fraction of sp³-hybridized carbons (Fsp3) is 0.583. The van der Waals surface area contributed by atoms with Crippen molar-refractivity contribution in [1.82, 2.24) is 20.2 Å². The molecule has 0 spiro atoms. The van der Waals surface area contributed by atoms with Gasteiger partial charge in [-0.1, -0.05) is 6.07 Å². The number of ether oxygens (including phenoxy) is 2. The van der Waals surface area contributed by atoms with Gasteiger partial charge in [0.1, 0.15) is 18.0 Å². The molecule has 0 amide bonds. The highest BCUT2D eigenvalue weighted by Gasteiger charge is 2.36. The minimum Gasteiger partial charge on any atom is -0.493 e. The number of methoxy groups -OCH3 is 1. The van der Waals surface area contributed by atoms with Crippen LogP contribution in [-0.4, -0.2) is 93.7 Å². The molecule has 9 heteroatoms. The third kappa shape index (κ3) is 7.18. The lowest BCUT2D eigenvalue weighted by atomic mass is 10.0. The summed E-state index contributed by atoms with van der Waals surface area (Å²) in [6.07, 6.45) is 3.22. The monoisotopic (exact) mass is 458 g/mol. The van der Waals surface area contributed by atoms with Crippen molar-refractivity contribution in [2.45, 2.75) is 25.0 Å². The van der Waals surface area contributed by atoms with E-state index >= 15 is 0 Å². The number of aliphatic hydroxyl groups is 1. The molecule has 3 rings (SSSR count). The molecule has 1 aromatic carbocycles. The zero-order valence-electron chi connectivity index (χ0n) is 20.5. The molecule has 1 aromatic heterocycles. The predicted octanol–water partition coefficient (Wildman–Crippen LogP) is 1.61. The van der Waals surface area contributed by atoms with Crippen molar-refractivity contribution in [2.24, 2.45) is 0 Å². The number of rotatable bonds is 12. The zero-order chi connectivity index (χ0) is 23.8. The number of benzene rings is 1. The van der Waals surface area contributed by atoms with Gasteiger partial charge in [0.05, 0.1) is 19.3 Å². The van der Waals surface area contributed by atoms with Crippen LogP contribution in [0.3, 0.4) is 0 Å². The molecule has 0 saturated carbocycles. The summed E-state index contributed by atoms with van der Waals surface area (Å²) in [6.45, 7) is 4.07. The van der Waals surface area contributed by atoms with Gasteiger partial charge in [-0.3, -0.25) is 0 Å². The number of hydrogen-bond donors (Lipinski definition) is 2. The summed E-state index contributed by atoms with van der Waals surface area (Å²) in [5.41, 5.74) is 0.278. The second-order valence-corrected chi connectivity index (χ2v) is 9.12. The van der Waals surface area contributed by atoms with E-state index in [1.165, 1.54) is 0 Å². The molecule has 1 atom stereocenters. The smallest absolute Gasteiger partial charge is 0.161 e. The lowest BCUT2D eigenvalue weighted by Crippen LogP contribution is -2.43. The summed E-state index contributed by atoms with van der Waals surface area (Å²) in [5, 5.41) is 14.5. The second-order valence-electron chi connectivity index (χ2n) is 9.12. The molecule has 0 aliphatic carbocycles. The number of nitrogens with one attached hydrogen (secondary N) is 1. The Kier molecular flexibility index (Phi) is 8.71. The maximum absolute atomic E-state index is 11.1. The number of aromatic nitrogens is 2. The fourth-order valence-electron chi connectivity index (χ4n) is 3.89. The van der Waals surface area contributed by atoms with E-state index in [9.17, 15) is 5.11 Å². The molecule has 33 heavy (non-hydrogen) atoms. The van der Waals surface area contributed by atoms with E-state index in [0.29, 0.717) is 32.7 Å². The minimum atomic E-state index is -0.803. The van der Waals surface area contributed by atoms with Gasteiger partial charge in [0.15, 0.2) is 11.5 Å². The number of β-amino-alcohol motifs (C(OH)–C–C–N with tert-alkyl or cyclic N) is 1. The van der Waals surface area contributed by atoms with Gasteiger partial charge < -0.3 is 34.6 Å². The minimum absolute atomic E-state index is 0.500. The van der Waals surface area contributed by atoms with Crippen LogP contribution in [0.2, 0.25) is 0 Å². The van der Waals surface area contributed by atoms with Crippen LogP contribution >= 0.6 is 0 Å². The highest BCUT2D eigenvalue weighted by atomic mass is 16.5. The van der Waals surface area contributed by atoms with Crippen LogP contribution in [0.5, 0.6) is 11.5 Å². The lowest BCUT2D eigenvalue weighted by molar-refractivity contribution is 0.0626. The normalized spacial score (nSPS) is 18.1. The van der Waals surface area contributed by atoms with Crippen molar-refractivity contribution in [3.8, 4) is 11.5 Å². The number of hydrogen-bond acceptors (Lipinski definition) is 9. The lowest BCUT2D eigenvalue weighted by Gasteiger charge is -2.25. The van der Waals surface area contributed by atoms with E-state index in [4.69, 9.17) is 9.47 Å². The van der Waals surface area contributed by atoms with E-state index in [-0.39, 0.29) is 0 Å². The van der Waals surface area contributed by atoms with Crippen LogP contribution in [0.4, 0.5) is 11.6 Å². The standard InChI is InChI=1S/C24H38N6O3/c1-28(2)10-6-12-33-20-8-7-19(13-21(20)32-5)15-25-16-24(31)9-11-30(17-24)23-14-22(29(3)4)26-18-27-23/h7-8,13-14,18,25,31H,6,9-12,15-17H2,1-5H3. The van der Waals surface area contributed by atoms with Crippen molar-refractivity contribution in [2.75, 3.05) is 77.9 Å². The van der Waals surface area contributed by atoms with Crippen molar-refractivity contribution < 1.29 is 14.6 Å². The van der Waals surface area contributed by atoms with Gasteiger partial charge in [0.25, 0.3) is 0 Å². The van der Waals surface area contributed by atoms with Gasteiger partial charge in [-0.05, 0) is 44.6 Å². The molecular weight excluding hydrogens is 420 g/mol. The summed E-state index contributed by atoms with van der Waals surface area (Å²) >= 11 is 0. The maximum atomic E-state index is 11.1. The molecule has 182 valence electrons. The third-order valence-electron chi connectivity index (χ3n) is 5.77. The van der Waals surface area contributed by atoms with Crippen molar-refractivity contribution in [1.29, 1.82) is 0 Å². The first-order valence-corrected chi connectivity index (χ1v) is 11.4. The van der Waals surface area contributed by atoms with Crippen LogP contribution in [0.1, 0.15) is 18.4 Å². The zero-order valence-corrected chi connectivity index (χ0v) is 20.5. The summed E-state index contributed by atoms with van der Waals surface area (Å²) in [4.78, 5) is 14.9. The summed E-state index contributed by atoms with van der Waals surface area (Å²) in [5.74, 6) is 3.18. The first kappa shape index (κ1) is 25.0. The molecule has 1 aliphatic heterocycles. The largest absolute Gasteiger partial charge is 0.493 e. The van der Waals surface area contributed by atoms with E-state index in [2.05, 4.69) is 39.2 Å². The van der Waals surface area contributed by atoms with Gasteiger partial charge in [0, 0.05) is 52.9 Å². The Bertz CT molecular complexity index is 894. The topological polar surface area (TPSA) is 86.2 Å². The molecule has 1 saturated heterocycles. The molecule has 0 bridgehead atoms. The summed E-state index contributed by atoms with van der Waals surface area (Å²) in [7, 11) is 9.67. The quantitative estimate of drug-likeness (QED) is 0.461. The Balaban J connectivity index is 1.50. The van der Waals surface area contributed by atoms with Crippen molar-refractivity contribution >= 4 is 11.6 Å². The van der Waals surface area contributed by atoms with Gasteiger partial charge in [0.2, 0.25) is 0 Å². The Morgan fingerprint density at radius 2 is 1.97 bits per heavy atom. The van der Waals surface area contributed by atoms with E-state index < -0.39 is 5.60 Å². The summed E-state index contributed by atoms with van der Waals surface area (Å²) < 4.78 is 11.4. The Morgan fingerprint density at radius 3 is 2.70 bits per heavy atom. The van der Waals surface area contributed by atoms with Crippen LogP contribution < -0.4 is 24.6 Å². The van der Waals surface area contributed by atoms with Crippen LogP contribution in [0.25, 0.3) is 0 Å². The average molecular weight is 459 g/mol. The Hall–Kier alpha value is -2.62. The Morgan fingerprint density at radius 1 is 1.15 bits per heavy atom. The number of anilines is 2. The van der Waals surface area contributed by atoms with Crippen molar-refractivity contribution in [3.63, 3.8) is 0 Å². The van der Waals surface area contributed by atoms with E-state index in [1.807, 2.05) is 43.3 Å².